The second kappa shape index (κ2) is 4.37. The van der Waals surface area contributed by atoms with Crippen molar-refractivity contribution in [3.05, 3.63) is 24.0 Å². The number of fused-ring (bicyclic) bond motifs is 1. The van der Waals surface area contributed by atoms with Gasteiger partial charge in [0.05, 0.1) is 11.0 Å². The summed E-state index contributed by atoms with van der Waals surface area (Å²) in [6.45, 7) is 4.14. The van der Waals surface area contributed by atoms with Gasteiger partial charge in [-0.25, -0.2) is 4.98 Å². The van der Waals surface area contributed by atoms with Crippen molar-refractivity contribution in [2.45, 2.75) is 25.8 Å². The molecule has 1 fully saturated rings. The molecule has 0 bridgehead atoms. The van der Waals surface area contributed by atoms with Crippen LogP contribution in [0.15, 0.2) is 18.2 Å². The van der Waals surface area contributed by atoms with Crippen LogP contribution in [0.4, 0.5) is 5.69 Å². The minimum Gasteiger partial charge on any atom is -0.383 e. The quantitative estimate of drug-likeness (QED) is 0.756. The van der Waals surface area contributed by atoms with Gasteiger partial charge < -0.3 is 15.6 Å². The second-order valence-electron chi connectivity index (χ2n) is 4.73. The van der Waals surface area contributed by atoms with Crippen LogP contribution in [0.25, 0.3) is 11.0 Å². The van der Waals surface area contributed by atoms with Gasteiger partial charge in [0.1, 0.15) is 5.82 Å². The first-order valence-corrected chi connectivity index (χ1v) is 6.25. The standard InChI is InChI=1S/C13H18N4/c1-9-16-12-5-4-10(7-13(12)17-9)15-8-11-3-2-6-14-11/h4-5,7,11,14-15H,2-3,6,8H2,1H3,(H,16,17). The molecule has 1 aromatic heterocycles. The van der Waals surface area contributed by atoms with Crippen molar-refractivity contribution in [3.63, 3.8) is 0 Å². The number of hydrogen-bond acceptors (Lipinski definition) is 3. The Hall–Kier alpha value is -1.55. The lowest BCUT2D eigenvalue weighted by Gasteiger charge is -2.12. The number of benzene rings is 1. The predicted octanol–water partition coefficient (Wildman–Crippen LogP) is 2.04. The number of nitrogens with zero attached hydrogens (tertiary/aromatic N) is 1. The topological polar surface area (TPSA) is 52.7 Å². The Morgan fingerprint density at radius 1 is 1.47 bits per heavy atom. The molecule has 4 nitrogen and oxygen atoms in total. The summed E-state index contributed by atoms with van der Waals surface area (Å²) < 4.78 is 0. The average molecular weight is 230 g/mol. The summed E-state index contributed by atoms with van der Waals surface area (Å²) in [4.78, 5) is 7.66. The van der Waals surface area contributed by atoms with Gasteiger partial charge in [0.2, 0.25) is 0 Å². The normalized spacial score (nSPS) is 19.9. The Balaban J connectivity index is 1.71. The highest BCUT2D eigenvalue weighted by Gasteiger charge is 2.13. The molecule has 0 radical (unpaired) electrons. The minimum atomic E-state index is 0.620. The van der Waals surface area contributed by atoms with Crippen LogP contribution in [-0.4, -0.2) is 29.1 Å². The van der Waals surface area contributed by atoms with Crippen LogP contribution in [0.5, 0.6) is 0 Å². The molecule has 4 heteroatoms. The van der Waals surface area contributed by atoms with Crippen LogP contribution in [0, 0.1) is 6.92 Å². The van der Waals surface area contributed by atoms with E-state index in [0.29, 0.717) is 6.04 Å². The Morgan fingerprint density at radius 2 is 2.41 bits per heavy atom. The van der Waals surface area contributed by atoms with Crippen LogP contribution in [0.3, 0.4) is 0 Å². The van der Waals surface area contributed by atoms with E-state index < -0.39 is 0 Å². The molecule has 2 aromatic rings. The molecule has 0 amide bonds. The van der Waals surface area contributed by atoms with Crippen molar-refractivity contribution in [2.24, 2.45) is 0 Å². The summed E-state index contributed by atoms with van der Waals surface area (Å²) in [6.07, 6.45) is 2.57. The van der Waals surface area contributed by atoms with Gasteiger partial charge in [0, 0.05) is 18.3 Å². The molecular weight excluding hydrogens is 212 g/mol. The molecule has 1 atom stereocenters. The molecule has 17 heavy (non-hydrogen) atoms. The van der Waals surface area contributed by atoms with Crippen molar-refractivity contribution in [2.75, 3.05) is 18.4 Å². The van der Waals surface area contributed by atoms with E-state index in [4.69, 9.17) is 0 Å². The van der Waals surface area contributed by atoms with E-state index in [1.807, 2.05) is 6.92 Å². The van der Waals surface area contributed by atoms with E-state index in [9.17, 15) is 0 Å². The third kappa shape index (κ3) is 2.26. The first kappa shape index (κ1) is 10.6. The SMILES string of the molecule is Cc1nc2ccc(NCC3CCCN3)cc2[nH]1. The van der Waals surface area contributed by atoms with E-state index >= 15 is 0 Å². The van der Waals surface area contributed by atoms with Gasteiger partial charge in [-0.3, -0.25) is 0 Å². The lowest BCUT2D eigenvalue weighted by atomic mass is 10.2. The molecule has 1 aromatic carbocycles. The molecule has 0 aliphatic carbocycles. The maximum absolute atomic E-state index is 4.40. The third-order valence-corrected chi connectivity index (χ3v) is 3.32. The second-order valence-corrected chi connectivity index (χ2v) is 4.73. The largest absolute Gasteiger partial charge is 0.383 e. The van der Waals surface area contributed by atoms with Crippen molar-refractivity contribution in [1.82, 2.24) is 15.3 Å². The molecule has 2 heterocycles. The van der Waals surface area contributed by atoms with E-state index in [2.05, 4.69) is 38.8 Å². The van der Waals surface area contributed by atoms with Crippen LogP contribution >= 0.6 is 0 Å². The lowest BCUT2D eigenvalue weighted by Crippen LogP contribution is -2.29. The summed E-state index contributed by atoms with van der Waals surface area (Å²) in [5, 5.41) is 6.96. The van der Waals surface area contributed by atoms with Crippen molar-refractivity contribution < 1.29 is 0 Å². The highest BCUT2D eigenvalue weighted by molar-refractivity contribution is 5.79. The van der Waals surface area contributed by atoms with Crippen molar-refractivity contribution >= 4 is 16.7 Å². The zero-order valence-electron chi connectivity index (χ0n) is 10.1. The summed E-state index contributed by atoms with van der Waals surface area (Å²) in [7, 11) is 0. The number of rotatable bonds is 3. The number of imidazole rings is 1. The molecule has 0 spiro atoms. The monoisotopic (exact) mass is 230 g/mol. The van der Waals surface area contributed by atoms with Gasteiger partial charge in [0.25, 0.3) is 0 Å². The number of H-pyrrole nitrogens is 1. The van der Waals surface area contributed by atoms with Gasteiger partial charge in [-0.1, -0.05) is 0 Å². The molecule has 1 saturated heterocycles. The number of aryl methyl sites for hydroxylation is 1. The summed E-state index contributed by atoms with van der Waals surface area (Å²) >= 11 is 0. The maximum Gasteiger partial charge on any atom is 0.104 e. The number of aromatic nitrogens is 2. The van der Waals surface area contributed by atoms with Gasteiger partial charge >= 0.3 is 0 Å². The zero-order chi connectivity index (χ0) is 11.7. The van der Waals surface area contributed by atoms with Crippen LogP contribution in [0.1, 0.15) is 18.7 Å². The Labute approximate surface area is 101 Å². The molecule has 3 N–H and O–H groups in total. The molecule has 0 saturated carbocycles. The van der Waals surface area contributed by atoms with Crippen LogP contribution in [-0.2, 0) is 0 Å². The molecule has 90 valence electrons. The van der Waals surface area contributed by atoms with Gasteiger partial charge in [-0.05, 0) is 44.5 Å². The number of hydrogen-bond donors (Lipinski definition) is 3. The third-order valence-electron chi connectivity index (χ3n) is 3.32. The van der Waals surface area contributed by atoms with Gasteiger partial charge in [-0.2, -0.15) is 0 Å². The molecule has 1 aliphatic rings. The van der Waals surface area contributed by atoms with E-state index in [0.717, 1.165) is 35.6 Å². The fraction of sp³-hybridized carbons (Fsp3) is 0.462. The van der Waals surface area contributed by atoms with E-state index in [-0.39, 0.29) is 0 Å². The fourth-order valence-electron chi connectivity index (χ4n) is 2.42. The predicted molar refractivity (Wildman–Crippen MR) is 70.3 cm³/mol. The molecular formula is C13H18N4. The molecule has 3 rings (SSSR count). The summed E-state index contributed by atoms with van der Waals surface area (Å²) in [5.74, 6) is 0.967. The van der Waals surface area contributed by atoms with Gasteiger partial charge in [-0.15, -0.1) is 0 Å². The average Bonchev–Trinajstić information content (AvgIpc) is 2.92. The van der Waals surface area contributed by atoms with Crippen LogP contribution in [0.2, 0.25) is 0 Å². The van der Waals surface area contributed by atoms with Crippen molar-refractivity contribution in [1.29, 1.82) is 0 Å². The zero-order valence-corrected chi connectivity index (χ0v) is 10.1. The minimum absolute atomic E-state index is 0.620. The number of aromatic amines is 1. The highest BCUT2D eigenvalue weighted by Crippen LogP contribution is 2.17. The van der Waals surface area contributed by atoms with Crippen LogP contribution < -0.4 is 10.6 Å². The highest BCUT2D eigenvalue weighted by atomic mass is 15.0. The van der Waals surface area contributed by atoms with Gasteiger partial charge in [0.15, 0.2) is 0 Å². The fourth-order valence-corrected chi connectivity index (χ4v) is 2.42. The smallest absolute Gasteiger partial charge is 0.104 e. The first-order valence-electron chi connectivity index (χ1n) is 6.25. The lowest BCUT2D eigenvalue weighted by molar-refractivity contribution is 0.633. The number of anilines is 1. The van der Waals surface area contributed by atoms with E-state index in [1.165, 1.54) is 12.8 Å². The molecule has 1 unspecified atom stereocenters. The molecule has 1 aliphatic heterocycles. The Morgan fingerprint density at radius 3 is 3.24 bits per heavy atom. The Kier molecular flexibility index (Phi) is 2.73. The van der Waals surface area contributed by atoms with Crippen molar-refractivity contribution in [3.8, 4) is 0 Å². The summed E-state index contributed by atoms with van der Waals surface area (Å²) in [5.41, 5.74) is 3.30. The number of nitrogens with one attached hydrogen (secondary N) is 3. The first-order chi connectivity index (χ1) is 8.31. The summed E-state index contributed by atoms with van der Waals surface area (Å²) in [6, 6.07) is 6.90. The van der Waals surface area contributed by atoms with E-state index in [1.54, 1.807) is 0 Å². The Bertz CT molecular complexity index is 511. The maximum atomic E-state index is 4.40.